The normalized spacial score (nSPS) is 48.3. The molecule has 4 rings (SSSR count). The molecule has 2 fully saturated rings. The van der Waals surface area contributed by atoms with Gasteiger partial charge in [0.2, 0.25) is 0 Å². The molecule has 0 heterocycles. The number of alkyl halides is 1. The van der Waals surface area contributed by atoms with E-state index in [2.05, 4.69) is 19.9 Å². The minimum absolute atomic E-state index is 0.00322. The molecule has 7 atom stereocenters. The molecule has 0 radical (unpaired) electrons. The molecule has 4 aliphatic carbocycles. The SMILES string of the molecule is C[C@H]1C[C@@H]2C(=CC[C@@]3(C)[C@H]2C[C@@H](O)[C@]3(O)C(=O)CCl)[C@@]2(C)C=CC(=O)C=C12. The van der Waals surface area contributed by atoms with Gasteiger partial charge in [0.1, 0.15) is 0 Å². The van der Waals surface area contributed by atoms with Crippen molar-refractivity contribution in [3.63, 3.8) is 0 Å². The van der Waals surface area contributed by atoms with E-state index < -0.39 is 22.9 Å². The summed E-state index contributed by atoms with van der Waals surface area (Å²) >= 11 is 5.78. The molecule has 0 unspecified atom stereocenters. The molecule has 27 heavy (non-hydrogen) atoms. The fourth-order valence-corrected chi connectivity index (χ4v) is 6.76. The zero-order chi connectivity index (χ0) is 19.8. The Bertz CT molecular complexity index is 811. The Kier molecular flexibility index (Phi) is 4.16. The molecule has 0 aromatic heterocycles. The van der Waals surface area contributed by atoms with Crippen molar-refractivity contribution in [2.75, 3.05) is 5.88 Å². The lowest BCUT2D eigenvalue weighted by molar-refractivity contribution is -0.164. The van der Waals surface area contributed by atoms with Crippen LogP contribution < -0.4 is 0 Å². The van der Waals surface area contributed by atoms with Crippen molar-refractivity contribution in [2.24, 2.45) is 28.6 Å². The molecule has 4 nitrogen and oxygen atoms in total. The molecule has 4 aliphatic rings. The van der Waals surface area contributed by atoms with E-state index >= 15 is 0 Å². The van der Waals surface area contributed by atoms with E-state index in [9.17, 15) is 19.8 Å². The van der Waals surface area contributed by atoms with Crippen molar-refractivity contribution in [1.29, 1.82) is 0 Å². The summed E-state index contributed by atoms with van der Waals surface area (Å²) in [4.78, 5) is 24.5. The van der Waals surface area contributed by atoms with Crippen LogP contribution in [0.3, 0.4) is 0 Å². The van der Waals surface area contributed by atoms with Crippen LogP contribution in [0.1, 0.15) is 40.0 Å². The Hall–Kier alpha value is -1.23. The second kappa shape index (κ2) is 5.88. The highest BCUT2D eigenvalue weighted by Crippen LogP contribution is 2.65. The number of allylic oxidation sites excluding steroid dienone is 6. The summed E-state index contributed by atoms with van der Waals surface area (Å²) in [6, 6.07) is 0. The van der Waals surface area contributed by atoms with Gasteiger partial charge in [-0.25, -0.2) is 0 Å². The Morgan fingerprint density at radius 1 is 1.30 bits per heavy atom. The third-order valence-electron chi connectivity index (χ3n) is 8.04. The highest BCUT2D eigenvalue weighted by atomic mass is 35.5. The summed E-state index contributed by atoms with van der Waals surface area (Å²) in [5, 5.41) is 22.0. The van der Waals surface area contributed by atoms with Gasteiger partial charge in [-0.1, -0.05) is 31.6 Å². The zero-order valence-corrected chi connectivity index (χ0v) is 16.8. The van der Waals surface area contributed by atoms with Crippen molar-refractivity contribution in [3.8, 4) is 0 Å². The van der Waals surface area contributed by atoms with Crippen molar-refractivity contribution in [2.45, 2.75) is 51.7 Å². The van der Waals surface area contributed by atoms with Crippen LogP contribution in [-0.4, -0.2) is 39.4 Å². The van der Waals surface area contributed by atoms with Gasteiger partial charge in [-0.2, -0.15) is 0 Å². The quantitative estimate of drug-likeness (QED) is 0.561. The third kappa shape index (κ3) is 2.24. The minimum Gasteiger partial charge on any atom is -0.390 e. The van der Waals surface area contributed by atoms with Crippen LogP contribution in [-0.2, 0) is 9.59 Å². The van der Waals surface area contributed by atoms with Crippen LogP contribution in [0.5, 0.6) is 0 Å². The average molecular weight is 391 g/mol. The van der Waals surface area contributed by atoms with Gasteiger partial charge in [-0.3, -0.25) is 9.59 Å². The molecule has 0 saturated heterocycles. The first-order chi connectivity index (χ1) is 12.6. The number of carbonyl (C=O) groups excluding carboxylic acids is 2. The molecular weight excluding hydrogens is 364 g/mol. The van der Waals surface area contributed by atoms with E-state index in [1.807, 2.05) is 13.0 Å². The molecule has 0 aromatic rings. The van der Waals surface area contributed by atoms with Crippen molar-refractivity contribution >= 4 is 23.2 Å². The van der Waals surface area contributed by atoms with Crippen LogP contribution >= 0.6 is 11.6 Å². The highest BCUT2D eigenvalue weighted by Gasteiger charge is 2.68. The second-order valence-corrected chi connectivity index (χ2v) is 9.51. The topological polar surface area (TPSA) is 74.6 Å². The van der Waals surface area contributed by atoms with E-state index in [4.69, 9.17) is 11.6 Å². The van der Waals surface area contributed by atoms with Crippen LogP contribution in [0, 0.1) is 28.6 Å². The standard InChI is InChI=1S/C22H27ClO4/c1-12-8-14-15(20(2)6-4-13(24)9-16(12)20)5-7-21(3)17(14)10-18(25)22(21,27)19(26)11-23/h4-6,9,12,14,17-18,25,27H,7-8,10-11H2,1-3H3/t12-,14+,17-,18+,20+,21-,22-/m0/s1. The Morgan fingerprint density at radius 2 is 2.00 bits per heavy atom. The molecular formula is C22H27ClO4. The largest absolute Gasteiger partial charge is 0.390 e. The second-order valence-electron chi connectivity index (χ2n) is 9.24. The number of fused-ring (bicyclic) bond motifs is 5. The van der Waals surface area contributed by atoms with Crippen molar-refractivity contribution < 1.29 is 19.8 Å². The first-order valence-corrected chi connectivity index (χ1v) is 10.3. The lowest BCUT2D eigenvalue weighted by atomic mass is 9.49. The number of Topliss-reactive ketones (excluding diaryl/α,β-unsaturated/α-hetero) is 1. The van der Waals surface area contributed by atoms with Gasteiger partial charge < -0.3 is 10.2 Å². The molecule has 2 saturated carbocycles. The van der Waals surface area contributed by atoms with Crippen LogP contribution in [0.2, 0.25) is 0 Å². The number of halogens is 1. The van der Waals surface area contributed by atoms with E-state index in [0.29, 0.717) is 12.8 Å². The summed E-state index contributed by atoms with van der Waals surface area (Å²) in [6.45, 7) is 6.21. The molecule has 5 heteroatoms. The minimum atomic E-state index is -1.81. The smallest absolute Gasteiger partial charge is 0.182 e. The Balaban J connectivity index is 1.82. The van der Waals surface area contributed by atoms with Gasteiger partial charge in [-0.05, 0) is 61.7 Å². The van der Waals surface area contributed by atoms with Crippen LogP contribution in [0.4, 0.5) is 0 Å². The van der Waals surface area contributed by atoms with Gasteiger partial charge in [-0.15, -0.1) is 11.6 Å². The van der Waals surface area contributed by atoms with Crippen LogP contribution in [0.25, 0.3) is 0 Å². The first kappa shape index (κ1) is 19.1. The zero-order valence-electron chi connectivity index (χ0n) is 16.0. The van der Waals surface area contributed by atoms with Crippen LogP contribution in [0.15, 0.2) is 35.5 Å². The van der Waals surface area contributed by atoms with Gasteiger partial charge in [0.25, 0.3) is 0 Å². The van der Waals surface area contributed by atoms with Crippen molar-refractivity contribution in [1.82, 2.24) is 0 Å². The maximum absolute atomic E-state index is 12.5. The van der Waals surface area contributed by atoms with E-state index in [1.54, 1.807) is 12.2 Å². The number of ketones is 2. The van der Waals surface area contributed by atoms with E-state index in [1.165, 1.54) is 5.57 Å². The molecule has 2 N–H and O–H groups in total. The maximum atomic E-state index is 12.5. The fraction of sp³-hybridized carbons (Fsp3) is 0.636. The molecule has 0 spiro atoms. The van der Waals surface area contributed by atoms with Gasteiger partial charge in [0, 0.05) is 10.8 Å². The lowest BCUT2D eigenvalue weighted by Gasteiger charge is -2.54. The van der Waals surface area contributed by atoms with Gasteiger partial charge >= 0.3 is 0 Å². The first-order valence-electron chi connectivity index (χ1n) is 9.75. The Morgan fingerprint density at radius 3 is 2.67 bits per heavy atom. The number of aliphatic hydroxyl groups excluding tert-OH is 1. The predicted octanol–water partition coefficient (Wildman–Crippen LogP) is 2.97. The Labute approximate surface area is 165 Å². The predicted molar refractivity (Wildman–Crippen MR) is 103 cm³/mol. The summed E-state index contributed by atoms with van der Waals surface area (Å²) in [6.07, 6.45) is 8.22. The number of hydrogen-bond acceptors (Lipinski definition) is 4. The number of hydrogen-bond donors (Lipinski definition) is 2. The molecule has 146 valence electrons. The summed E-state index contributed by atoms with van der Waals surface area (Å²) in [7, 11) is 0. The maximum Gasteiger partial charge on any atom is 0.182 e. The van der Waals surface area contributed by atoms with E-state index in [0.717, 1.165) is 12.0 Å². The highest BCUT2D eigenvalue weighted by molar-refractivity contribution is 6.29. The molecule has 0 aromatic carbocycles. The molecule has 0 aliphatic heterocycles. The van der Waals surface area contributed by atoms with Gasteiger partial charge in [0.05, 0.1) is 12.0 Å². The number of aliphatic hydroxyl groups is 2. The third-order valence-corrected chi connectivity index (χ3v) is 8.29. The number of rotatable bonds is 2. The monoisotopic (exact) mass is 390 g/mol. The van der Waals surface area contributed by atoms with E-state index in [-0.39, 0.29) is 34.8 Å². The lowest BCUT2D eigenvalue weighted by Crippen LogP contribution is -2.59. The molecule has 0 bridgehead atoms. The van der Waals surface area contributed by atoms with Gasteiger partial charge in [0.15, 0.2) is 17.2 Å². The number of carbonyl (C=O) groups is 2. The summed E-state index contributed by atoms with van der Waals surface area (Å²) in [5.41, 5.74) is -0.447. The summed E-state index contributed by atoms with van der Waals surface area (Å²) in [5.74, 6) is -0.377. The van der Waals surface area contributed by atoms with Crippen molar-refractivity contribution in [3.05, 3.63) is 35.5 Å². The molecule has 0 amide bonds. The fourth-order valence-electron chi connectivity index (χ4n) is 6.56. The average Bonchev–Trinajstić information content (AvgIpc) is 2.84. The summed E-state index contributed by atoms with van der Waals surface area (Å²) < 4.78 is 0.